The molecule has 0 bridgehead atoms. The Morgan fingerprint density at radius 2 is 1.77 bits per heavy atom. The molecule has 5 heteroatoms. The van der Waals surface area contributed by atoms with E-state index < -0.39 is 6.04 Å². The summed E-state index contributed by atoms with van der Waals surface area (Å²) in [6, 6.07) is 17.9. The number of para-hydroxylation sites is 2. The van der Waals surface area contributed by atoms with Crippen LogP contribution in [0.5, 0.6) is 5.75 Å². The smallest absolute Gasteiger partial charge is 0.259 e. The number of hydrogen-bond donors (Lipinski definition) is 1. The van der Waals surface area contributed by atoms with Crippen molar-refractivity contribution in [2.45, 2.75) is 13.0 Å². The molecule has 2 amide bonds. The largest absolute Gasteiger partial charge is 0.495 e. The Balaban J connectivity index is 1.67. The van der Waals surface area contributed by atoms with E-state index in [1.807, 2.05) is 42.5 Å². The van der Waals surface area contributed by atoms with Gasteiger partial charge in [0, 0.05) is 10.9 Å². The second kappa shape index (κ2) is 6.19. The quantitative estimate of drug-likeness (QED) is 0.781. The maximum absolute atomic E-state index is 12.9. The molecule has 4 rings (SSSR count). The van der Waals surface area contributed by atoms with Crippen molar-refractivity contribution in [3.63, 3.8) is 0 Å². The summed E-state index contributed by atoms with van der Waals surface area (Å²) < 4.78 is 5.27. The Kier molecular flexibility index (Phi) is 3.84. The molecule has 1 atom stereocenters. The average molecular weight is 346 g/mol. The Labute approximate surface area is 151 Å². The van der Waals surface area contributed by atoms with Gasteiger partial charge < -0.3 is 10.1 Å². The van der Waals surface area contributed by atoms with E-state index in [1.165, 1.54) is 0 Å². The third-order valence-electron chi connectivity index (χ3n) is 4.72. The number of nitrogens with one attached hydrogen (secondary N) is 1. The second-order valence-electron chi connectivity index (χ2n) is 6.22. The Hall–Kier alpha value is -3.34. The van der Waals surface area contributed by atoms with Crippen molar-refractivity contribution < 1.29 is 14.3 Å². The molecule has 1 N–H and O–H groups in total. The maximum Gasteiger partial charge on any atom is 0.259 e. The van der Waals surface area contributed by atoms with E-state index in [1.54, 1.807) is 37.1 Å². The van der Waals surface area contributed by atoms with Crippen LogP contribution < -0.4 is 15.0 Å². The van der Waals surface area contributed by atoms with Crippen LogP contribution in [0.3, 0.4) is 0 Å². The fourth-order valence-corrected chi connectivity index (χ4v) is 3.43. The van der Waals surface area contributed by atoms with E-state index >= 15 is 0 Å². The monoisotopic (exact) mass is 346 g/mol. The number of carbonyl (C=O) groups excluding carboxylic acids is 2. The molecule has 3 aromatic rings. The van der Waals surface area contributed by atoms with Gasteiger partial charge in [-0.2, -0.15) is 0 Å². The summed E-state index contributed by atoms with van der Waals surface area (Å²) in [6.45, 7) is 1.73. The minimum absolute atomic E-state index is 0.153. The van der Waals surface area contributed by atoms with E-state index in [-0.39, 0.29) is 11.8 Å². The van der Waals surface area contributed by atoms with Gasteiger partial charge in [0.05, 0.1) is 18.5 Å². The van der Waals surface area contributed by atoms with Gasteiger partial charge >= 0.3 is 0 Å². The van der Waals surface area contributed by atoms with Gasteiger partial charge in [0.2, 0.25) is 5.91 Å². The predicted octanol–water partition coefficient (Wildman–Crippen LogP) is 3.84. The van der Waals surface area contributed by atoms with Crippen LogP contribution in [-0.4, -0.2) is 25.0 Å². The molecule has 1 heterocycles. The Morgan fingerprint density at radius 3 is 2.54 bits per heavy atom. The first-order valence-corrected chi connectivity index (χ1v) is 8.41. The molecular formula is C21H18N2O3. The molecule has 0 unspecified atom stereocenters. The van der Waals surface area contributed by atoms with Crippen molar-refractivity contribution >= 4 is 34.0 Å². The number of hydrogen-bond acceptors (Lipinski definition) is 3. The molecule has 0 spiro atoms. The van der Waals surface area contributed by atoms with Crippen LogP contribution >= 0.6 is 0 Å². The van der Waals surface area contributed by atoms with Gasteiger partial charge in [-0.05, 0) is 36.6 Å². The molecule has 0 aliphatic carbocycles. The van der Waals surface area contributed by atoms with Crippen molar-refractivity contribution in [2.75, 3.05) is 17.3 Å². The molecule has 130 valence electrons. The zero-order valence-corrected chi connectivity index (χ0v) is 14.5. The van der Waals surface area contributed by atoms with Crippen molar-refractivity contribution in [1.29, 1.82) is 0 Å². The number of methoxy groups -OCH3 is 1. The summed E-state index contributed by atoms with van der Waals surface area (Å²) in [5.41, 5.74) is 1.98. The number of benzene rings is 3. The number of anilines is 2. The third-order valence-corrected chi connectivity index (χ3v) is 4.72. The van der Waals surface area contributed by atoms with Crippen molar-refractivity contribution in [3.05, 3.63) is 66.2 Å². The fraction of sp³-hybridized carbons (Fsp3) is 0.143. The van der Waals surface area contributed by atoms with Gasteiger partial charge in [-0.1, -0.05) is 36.4 Å². The Morgan fingerprint density at radius 1 is 1.04 bits per heavy atom. The predicted molar refractivity (Wildman–Crippen MR) is 102 cm³/mol. The zero-order chi connectivity index (χ0) is 18.3. The molecular weight excluding hydrogens is 328 g/mol. The highest BCUT2D eigenvalue weighted by Gasteiger charge is 2.35. The maximum atomic E-state index is 12.9. The van der Waals surface area contributed by atoms with E-state index in [0.717, 1.165) is 16.5 Å². The van der Waals surface area contributed by atoms with Crippen LogP contribution in [0.2, 0.25) is 0 Å². The zero-order valence-electron chi connectivity index (χ0n) is 14.5. The first kappa shape index (κ1) is 16.1. The van der Waals surface area contributed by atoms with Crippen molar-refractivity contribution in [2.24, 2.45) is 0 Å². The van der Waals surface area contributed by atoms with Gasteiger partial charge in [0.25, 0.3) is 5.91 Å². The lowest BCUT2D eigenvalue weighted by Gasteiger charge is -2.25. The first-order chi connectivity index (χ1) is 12.6. The minimum atomic E-state index is -0.662. The van der Waals surface area contributed by atoms with Crippen LogP contribution in [0.4, 0.5) is 11.4 Å². The van der Waals surface area contributed by atoms with Gasteiger partial charge in [-0.3, -0.25) is 14.5 Å². The number of nitrogens with zero attached hydrogens (tertiary/aromatic N) is 1. The second-order valence-corrected chi connectivity index (χ2v) is 6.22. The molecule has 0 fully saturated rings. The number of carbonyl (C=O) groups is 2. The summed E-state index contributed by atoms with van der Waals surface area (Å²) in [7, 11) is 1.55. The molecule has 1 aliphatic rings. The molecule has 26 heavy (non-hydrogen) atoms. The van der Waals surface area contributed by atoms with Crippen molar-refractivity contribution in [3.8, 4) is 5.75 Å². The molecule has 5 nitrogen and oxygen atoms in total. The molecule has 0 saturated carbocycles. The minimum Gasteiger partial charge on any atom is -0.495 e. The number of rotatable bonds is 4. The van der Waals surface area contributed by atoms with E-state index in [2.05, 4.69) is 5.32 Å². The normalized spacial score (nSPS) is 13.8. The van der Waals surface area contributed by atoms with Gasteiger partial charge in [0.1, 0.15) is 11.8 Å². The summed E-state index contributed by atoms with van der Waals surface area (Å²) in [5.74, 6) is 0.151. The van der Waals surface area contributed by atoms with E-state index in [0.29, 0.717) is 17.0 Å². The summed E-state index contributed by atoms with van der Waals surface area (Å²) in [4.78, 5) is 27.3. The lowest BCUT2D eigenvalue weighted by molar-refractivity contribution is -0.117. The molecule has 0 saturated heterocycles. The lowest BCUT2D eigenvalue weighted by Crippen LogP contribution is -2.44. The van der Waals surface area contributed by atoms with Gasteiger partial charge in [0.15, 0.2) is 0 Å². The SMILES string of the molecule is COc1ccccc1NC(=O)[C@H](C)N1C(=O)c2cccc3cccc1c23. The van der Waals surface area contributed by atoms with Gasteiger partial charge in [-0.15, -0.1) is 0 Å². The van der Waals surface area contributed by atoms with Crippen LogP contribution in [-0.2, 0) is 4.79 Å². The van der Waals surface area contributed by atoms with E-state index in [9.17, 15) is 9.59 Å². The average Bonchev–Trinajstić information content (AvgIpc) is 2.96. The third kappa shape index (κ3) is 2.40. The first-order valence-electron chi connectivity index (χ1n) is 8.41. The lowest BCUT2D eigenvalue weighted by atomic mass is 10.1. The topological polar surface area (TPSA) is 58.6 Å². The molecule has 1 aliphatic heterocycles. The van der Waals surface area contributed by atoms with Crippen LogP contribution in [0, 0.1) is 0 Å². The fourth-order valence-electron chi connectivity index (χ4n) is 3.43. The highest BCUT2D eigenvalue weighted by atomic mass is 16.5. The van der Waals surface area contributed by atoms with Crippen LogP contribution in [0.15, 0.2) is 60.7 Å². The number of amides is 2. The van der Waals surface area contributed by atoms with Crippen LogP contribution in [0.25, 0.3) is 10.8 Å². The summed E-state index contributed by atoms with van der Waals surface area (Å²) >= 11 is 0. The molecule has 0 aromatic heterocycles. The van der Waals surface area contributed by atoms with E-state index in [4.69, 9.17) is 4.74 Å². The summed E-state index contributed by atoms with van der Waals surface area (Å²) in [5, 5.41) is 4.75. The highest BCUT2D eigenvalue weighted by Crippen LogP contribution is 2.38. The Bertz CT molecular complexity index is 1020. The number of ether oxygens (including phenoxy) is 1. The highest BCUT2D eigenvalue weighted by molar-refractivity contribution is 6.27. The molecule has 0 radical (unpaired) electrons. The van der Waals surface area contributed by atoms with Gasteiger partial charge in [-0.25, -0.2) is 0 Å². The van der Waals surface area contributed by atoms with Crippen LogP contribution in [0.1, 0.15) is 17.3 Å². The summed E-state index contributed by atoms with van der Waals surface area (Å²) in [6.07, 6.45) is 0. The van der Waals surface area contributed by atoms with Crippen molar-refractivity contribution in [1.82, 2.24) is 0 Å². The molecule has 3 aromatic carbocycles. The standard InChI is InChI=1S/C21H18N2O3/c1-13(20(24)22-16-10-3-4-12-18(16)26-2)23-17-11-6-8-14-7-5-9-15(19(14)17)21(23)25/h3-13H,1-2H3,(H,22,24)/t13-/m0/s1.